The number of nitrogens with one attached hydrogen (secondary N) is 1. The molecule has 3 aromatic rings. The molecule has 2 aromatic carbocycles. The van der Waals surface area contributed by atoms with Gasteiger partial charge in [0.2, 0.25) is 0 Å². The number of carbonyl (C=O) groups is 1. The van der Waals surface area contributed by atoms with Crippen molar-refractivity contribution in [3.8, 4) is 11.8 Å². The standard InChI is InChI=1S/C22H20N4O/c1-15-5-11-18(12-6-15)26-20-4-2-3-19(20)21(25-26)22(27)24-17-9-7-16(8-10-17)13-14-23/h5-12H,2-4,13H2,1H3,(H,24,27). The van der Waals surface area contributed by atoms with Crippen molar-refractivity contribution in [1.82, 2.24) is 9.78 Å². The summed E-state index contributed by atoms with van der Waals surface area (Å²) in [4.78, 5) is 12.8. The summed E-state index contributed by atoms with van der Waals surface area (Å²) in [6.07, 6.45) is 3.22. The normalized spacial score (nSPS) is 12.4. The molecule has 1 heterocycles. The van der Waals surface area contributed by atoms with Crippen LogP contribution in [-0.4, -0.2) is 15.7 Å². The van der Waals surface area contributed by atoms with Gasteiger partial charge in [-0.25, -0.2) is 4.68 Å². The molecule has 0 saturated carbocycles. The molecule has 0 radical (unpaired) electrons. The minimum absolute atomic E-state index is 0.188. The smallest absolute Gasteiger partial charge is 0.276 e. The first-order valence-electron chi connectivity index (χ1n) is 9.11. The Morgan fingerprint density at radius 3 is 2.59 bits per heavy atom. The van der Waals surface area contributed by atoms with E-state index < -0.39 is 0 Å². The van der Waals surface area contributed by atoms with Gasteiger partial charge in [-0.2, -0.15) is 10.4 Å². The molecule has 134 valence electrons. The molecule has 0 atom stereocenters. The van der Waals surface area contributed by atoms with Crippen molar-refractivity contribution in [2.75, 3.05) is 5.32 Å². The third-order valence-corrected chi connectivity index (χ3v) is 4.92. The highest BCUT2D eigenvalue weighted by Gasteiger charge is 2.27. The summed E-state index contributed by atoms with van der Waals surface area (Å²) >= 11 is 0. The van der Waals surface area contributed by atoms with Gasteiger partial charge >= 0.3 is 0 Å². The fraction of sp³-hybridized carbons (Fsp3) is 0.227. The van der Waals surface area contributed by atoms with Gasteiger partial charge in [-0.1, -0.05) is 29.8 Å². The number of anilines is 1. The van der Waals surface area contributed by atoms with Crippen LogP contribution in [0.15, 0.2) is 48.5 Å². The Morgan fingerprint density at radius 2 is 1.89 bits per heavy atom. The quantitative estimate of drug-likeness (QED) is 0.768. The number of amides is 1. The van der Waals surface area contributed by atoms with Crippen LogP contribution in [0.2, 0.25) is 0 Å². The lowest BCUT2D eigenvalue weighted by molar-refractivity contribution is 0.102. The van der Waals surface area contributed by atoms with Crippen LogP contribution in [0.25, 0.3) is 5.69 Å². The Balaban J connectivity index is 1.62. The Morgan fingerprint density at radius 1 is 1.15 bits per heavy atom. The summed E-state index contributed by atoms with van der Waals surface area (Å²) in [6, 6.07) is 17.7. The van der Waals surface area contributed by atoms with Crippen LogP contribution in [0.4, 0.5) is 5.69 Å². The predicted molar refractivity (Wildman–Crippen MR) is 104 cm³/mol. The third-order valence-electron chi connectivity index (χ3n) is 4.92. The largest absolute Gasteiger partial charge is 0.321 e. The van der Waals surface area contributed by atoms with Gasteiger partial charge < -0.3 is 5.32 Å². The lowest BCUT2D eigenvalue weighted by atomic mass is 10.1. The zero-order valence-corrected chi connectivity index (χ0v) is 15.2. The number of carbonyl (C=O) groups excluding carboxylic acids is 1. The second kappa shape index (κ2) is 7.08. The number of hydrogen-bond donors (Lipinski definition) is 1. The van der Waals surface area contributed by atoms with Crippen molar-refractivity contribution in [3.05, 3.63) is 76.6 Å². The van der Waals surface area contributed by atoms with Crippen LogP contribution in [-0.2, 0) is 19.3 Å². The van der Waals surface area contributed by atoms with Gasteiger partial charge in [0.05, 0.1) is 18.2 Å². The van der Waals surface area contributed by atoms with Crippen molar-refractivity contribution in [3.63, 3.8) is 0 Å². The highest BCUT2D eigenvalue weighted by molar-refractivity contribution is 6.04. The maximum Gasteiger partial charge on any atom is 0.276 e. The molecule has 0 unspecified atom stereocenters. The molecular formula is C22H20N4O. The first-order chi connectivity index (χ1) is 13.2. The number of fused-ring (bicyclic) bond motifs is 1. The Bertz CT molecular complexity index is 1020. The highest BCUT2D eigenvalue weighted by Crippen LogP contribution is 2.28. The SMILES string of the molecule is Cc1ccc(-n2nc(C(=O)Nc3ccc(CC#N)cc3)c3c2CCC3)cc1. The van der Waals surface area contributed by atoms with Crippen LogP contribution in [0, 0.1) is 18.3 Å². The van der Waals surface area contributed by atoms with Crippen LogP contribution in [0.3, 0.4) is 0 Å². The van der Waals surface area contributed by atoms with Crippen LogP contribution in [0.5, 0.6) is 0 Å². The van der Waals surface area contributed by atoms with Gasteiger partial charge in [-0.05, 0) is 56.0 Å². The molecule has 1 aliphatic rings. The van der Waals surface area contributed by atoms with Crippen molar-refractivity contribution in [2.24, 2.45) is 0 Å². The first kappa shape index (κ1) is 17.0. The zero-order valence-electron chi connectivity index (χ0n) is 15.2. The number of rotatable bonds is 4. The average Bonchev–Trinajstić information content (AvgIpc) is 3.27. The molecule has 0 saturated heterocycles. The molecule has 1 aromatic heterocycles. The van der Waals surface area contributed by atoms with Gasteiger partial charge in [-0.3, -0.25) is 4.79 Å². The monoisotopic (exact) mass is 356 g/mol. The van der Waals surface area contributed by atoms with E-state index in [0.29, 0.717) is 17.8 Å². The maximum atomic E-state index is 12.8. The maximum absolute atomic E-state index is 12.8. The molecule has 27 heavy (non-hydrogen) atoms. The van der Waals surface area contributed by atoms with E-state index in [2.05, 4.69) is 35.5 Å². The number of nitrogens with zero attached hydrogens (tertiary/aromatic N) is 3. The molecule has 1 aliphatic carbocycles. The van der Waals surface area contributed by atoms with Gasteiger partial charge in [0.15, 0.2) is 5.69 Å². The number of aromatic nitrogens is 2. The highest BCUT2D eigenvalue weighted by atomic mass is 16.2. The zero-order chi connectivity index (χ0) is 18.8. The summed E-state index contributed by atoms with van der Waals surface area (Å²) in [6.45, 7) is 2.05. The Labute approximate surface area is 158 Å². The molecule has 5 heteroatoms. The number of aryl methyl sites for hydroxylation is 1. The molecule has 0 spiro atoms. The fourth-order valence-electron chi connectivity index (χ4n) is 3.51. The Kier molecular flexibility index (Phi) is 4.47. The van der Waals surface area contributed by atoms with E-state index in [0.717, 1.165) is 41.8 Å². The van der Waals surface area contributed by atoms with E-state index in [4.69, 9.17) is 5.26 Å². The van der Waals surface area contributed by atoms with E-state index in [1.165, 1.54) is 5.56 Å². The molecule has 0 fully saturated rings. The minimum atomic E-state index is -0.188. The van der Waals surface area contributed by atoms with Crippen molar-refractivity contribution < 1.29 is 4.79 Å². The Hall–Kier alpha value is -3.39. The molecule has 1 N–H and O–H groups in total. The fourth-order valence-corrected chi connectivity index (χ4v) is 3.51. The lowest BCUT2D eigenvalue weighted by Gasteiger charge is -2.06. The van der Waals surface area contributed by atoms with Gasteiger partial charge in [0, 0.05) is 16.9 Å². The predicted octanol–water partition coefficient (Wildman–Crippen LogP) is 3.99. The summed E-state index contributed by atoms with van der Waals surface area (Å²) in [7, 11) is 0. The van der Waals surface area contributed by atoms with E-state index >= 15 is 0 Å². The number of nitriles is 1. The molecule has 4 rings (SSSR count). The summed E-state index contributed by atoms with van der Waals surface area (Å²) in [5.74, 6) is -0.188. The van der Waals surface area contributed by atoms with Gasteiger partial charge in [0.25, 0.3) is 5.91 Å². The second-order valence-corrected chi connectivity index (χ2v) is 6.86. The van der Waals surface area contributed by atoms with Gasteiger partial charge in [-0.15, -0.1) is 0 Å². The van der Waals surface area contributed by atoms with Gasteiger partial charge in [0.1, 0.15) is 0 Å². The van der Waals surface area contributed by atoms with Crippen LogP contribution >= 0.6 is 0 Å². The van der Waals surface area contributed by atoms with E-state index in [9.17, 15) is 4.79 Å². The van der Waals surface area contributed by atoms with E-state index in [1.54, 1.807) is 0 Å². The molecular weight excluding hydrogens is 336 g/mol. The second-order valence-electron chi connectivity index (χ2n) is 6.86. The molecule has 0 aliphatic heterocycles. The molecule has 0 bridgehead atoms. The average molecular weight is 356 g/mol. The van der Waals surface area contributed by atoms with Crippen LogP contribution in [0.1, 0.15) is 39.3 Å². The molecule has 5 nitrogen and oxygen atoms in total. The lowest BCUT2D eigenvalue weighted by Crippen LogP contribution is -2.15. The van der Waals surface area contributed by atoms with E-state index in [-0.39, 0.29) is 5.91 Å². The summed E-state index contributed by atoms with van der Waals surface area (Å²) in [5.41, 5.74) is 6.50. The first-order valence-corrected chi connectivity index (χ1v) is 9.11. The minimum Gasteiger partial charge on any atom is -0.321 e. The molecule has 1 amide bonds. The van der Waals surface area contributed by atoms with Crippen molar-refractivity contribution in [2.45, 2.75) is 32.6 Å². The van der Waals surface area contributed by atoms with Crippen LogP contribution < -0.4 is 5.32 Å². The van der Waals surface area contributed by atoms with E-state index in [1.807, 2.05) is 41.1 Å². The van der Waals surface area contributed by atoms with Crippen molar-refractivity contribution >= 4 is 11.6 Å². The van der Waals surface area contributed by atoms with Crippen molar-refractivity contribution in [1.29, 1.82) is 5.26 Å². The summed E-state index contributed by atoms with van der Waals surface area (Å²) < 4.78 is 1.91. The number of benzene rings is 2. The number of hydrogen-bond acceptors (Lipinski definition) is 3. The third kappa shape index (κ3) is 3.34. The summed E-state index contributed by atoms with van der Waals surface area (Å²) in [5, 5.41) is 16.3. The topological polar surface area (TPSA) is 70.7 Å².